The highest BCUT2D eigenvalue weighted by Gasteiger charge is 2.18. The molecule has 1 heterocycles. The van der Waals surface area contributed by atoms with Crippen molar-refractivity contribution >= 4 is 5.96 Å². The van der Waals surface area contributed by atoms with E-state index in [4.69, 9.17) is 10.3 Å². The Hall–Kier alpha value is -1.52. The number of nitrogens with one attached hydrogen (secondary N) is 1. The predicted molar refractivity (Wildman–Crippen MR) is 71.4 cm³/mol. The summed E-state index contributed by atoms with van der Waals surface area (Å²) in [5.74, 6) is 1.52. The van der Waals surface area contributed by atoms with Gasteiger partial charge in [0.1, 0.15) is 11.5 Å². The molecule has 2 rings (SSSR count). The summed E-state index contributed by atoms with van der Waals surface area (Å²) in [6.07, 6.45) is 5.50. The second-order valence-electron chi connectivity index (χ2n) is 4.89. The van der Waals surface area contributed by atoms with Gasteiger partial charge < -0.3 is 15.6 Å². The zero-order valence-corrected chi connectivity index (χ0v) is 11.2. The molecule has 0 saturated carbocycles. The summed E-state index contributed by atoms with van der Waals surface area (Å²) in [4.78, 5) is 4.32. The van der Waals surface area contributed by atoms with Crippen LogP contribution < -0.4 is 11.1 Å². The minimum Gasteiger partial charge on any atom is -0.370 e. The summed E-state index contributed by atoms with van der Waals surface area (Å²) in [6.45, 7) is 4.70. The lowest BCUT2D eigenvalue weighted by atomic mass is 9.96. The molecular weight excluding hydrogens is 228 g/mol. The van der Waals surface area contributed by atoms with E-state index in [9.17, 15) is 0 Å². The van der Waals surface area contributed by atoms with Crippen molar-refractivity contribution in [3.63, 3.8) is 0 Å². The maximum absolute atomic E-state index is 5.82. The minimum absolute atomic E-state index is 0.347. The molecule has 100 valence electrons. The molecule has 5 heteroatoms. The fourth-order valence-corrected chi connectivity index (χ4v) is 2.13. The van der Waals surface area contributed by atoms with Crippen LogP contribution in [0.25, 0.3) is 0 Å². The number of hydrogen-bond acceptors (Lipinski definition) is 3. The molecule has 1 aromatic rings. The van der Waals surface area contributed by atoms with Crippen LogP contribution in [0.15, 0.2) is 9.52 Å². The molecular formula is C13H22N4O. The van der Waals surface area contributed by atoms with E-state index in [2.05, 4.69) is 29.3 Å². The van der Waals surface area contributed by atoms with Crippen LogP contribution in [0.5, 0.6) is 0 Å². The van der Waals surface area contributed by atoms with Gasteiger partial charge in [0, 0.05) is 18.0 Å². The molecule has 0 saturated heterocycles. The Labute approximate surface area is 108 Å². The third-order valence-electron chi connectivity index (χ3n) is 3.44. The number of aryl methyl sites for hydroxylation is 1. The highest BCUT2D eigenvalue weighted by atomic mass is 16.5. The van der Waals surface area contributed by atoms with Crippen molar-refractivity contribution in [2.75, 3.05) is 0 Å². The topological polar surface area (TPSA) is 76.4 Å². The van der Waals surface area contributed by atoms with Crippen LogP contribution >= 0.6 is 0 Å². The largest absolute Gasteiger partial charge is 0.370 e. The first-order valence-corrected chi connectivity index (χ1v) is 6.73. The van der Waals surface area contributed by atoms with Crippen molar-refractivity contribution in [3.8, 4) is 0 Å². The van der Waals surface area contributed by atoms with E-state index in [1.54, 1.807) is 0 Å². The van der Waals surface area contributed by atoms with Gasteiger partial charge in [0.2, 0.25) is 0 Å². The van der Waals surface area contributed by atoms with E-state index in [1.165, 1.54) is 18.4 Å². The molecule has 0 aromatic carbocycles. The van der Waals surface area contributed by atoms with Crippen LogP contribution in [-0.2, 0) is 19.4 Å². The number of nitrogens with zero attached hydrogens (tertiary/aromatic N) is 2. The van der Waals surface area contributed by atoms with Crippen LogP contribution in [-0.4, -0.2) is 17.2 Å². The first-order chi connectivity index (χ1) is 8.70. The Morgan fingerprint density at radius 1 is 1.50 bits per heavy atom. The number of aromatic nitrogens is 1. The van der Waals surface area contributed by atoms with E-state index in [-0.39, 0.29) is 0 Å². The molecule has 1 aromatic heterocycles. The van der Waals surface area contributed by atoms with Crippen LogP contribution in [0.1, 0.15) is 50.1 Å². The van der Waals surface area contributed by atoms with Gasteiger partial charge in [0.25, 0.3) is 0 Å². The molecule has 0 amide bonds. The molecule has 0 spiro atoms. The molecule has 0 fully saturated rings. The van der Waals surface area contributed by atoms with Crippen molar-refractivity contribution in [2.45, 2.75) is 58.5 Å². The number of nitrogens with two attached hydrogens (primary N) is 1. The van der Waals surface area contributed by atoms with Gasteiger partial charge in [-0.1, -0.05) is 12.1 Å². The molecule has 1 unspecified atom stereocenters. The van der Waals surface area contributed by atoms with Crippen molar-refractivity contribution in [2.24, 2.45) is 10.7 Å². The lowest BCUT2D eigenvalue weighted by Gasteiger charge is -2.11. The SMILES string of the molecule is CCC(C)NC(N)=NCc1noc2c1CCCC2. The van der Waals surface area contributed by atoms with E-state index in [1.807, 2.05) is 0 Å². The maximum Gasteiger partial charge on any atom is 0.189 e. The van der Waals surface area contributed by atoms with Gasteiger partial charge in [-0.2, -0.15) is 0 Å². The molecule has 0 aliphatic heterocycles. The van der Waals surface area contributed by atoms with Crippen LogP contribution in [0.3, 0.4) is 0 Å². The van der Waals surface area contributed by atoms with E-state index >= 15 is 0 Å². The second-order valence-corrected chi connectivity index (χ2v) is 4.89. The second kappa shape index (κ2) is 5.89. The van der Waals surface area contributed by atoms with Crippen molar-refractivity contribution < 1.29 is 4.52 Å². The average Bonchev–Trinajstić information content (AvgIpc) is 2.79. The first kappa shape index (κ1) is 12.9. The monoisotopic (exact) mass is 250 g/mol. The summed E-state index contributed by atoms with van der Waals surface area (Å²) in [5.41, 5.74) is 8.02. The van der Waals surface area contributed by atoms with Gasteiger partial charge in [-0.3, -0.25) is 0 Å². The Morgan fingerprint density at radius 3 is 3.06 bits per heavy atom. The Balaban J connectivity index is 1.97. The Morgan fingerprint density at radius 2 is 2.28 bits per heavy atom. The number of hydrogen-bond donors (Lipinski definition) is 2. The highest BCUT2D eigenvalue weighted by molar-refractivity contribution is 5.78. The van der Waals surface area contributed by atoms with Gasteiger partial charge >= 0.3 is 0 Å². The summed E-state index contributed by atoms with van der Waals surface area (Å²) < 4.78 is 5.34. The molecule has 18 heavy (non-hydrogen) atoms. The van der Waals surface area contributed by atoms with Gasteiger partial charge in [-0.05, 0) is 32.6 Å². The molecule has 5 nitrogen and oxygen atoms in total. The molecule has 0 bridgehead atoms. The third kappa shape index (κ3) is 3.03. The summed E-state index contributed by atoms with van der Waals surface area (Å²) in [6, 6.07) is 0.347. The highest BCUT2D eigenvalue weighted by Crippen LogP contribution is 2.24. The predicted octanol–water partition coefficient (Wildman–Crippen LogP) is 1.76. The molecule has 1 aliphatic carbocycles. The minimum atomic E-state index is 0.347. The average molecular weight is 250 g/mol. The third-order valence-corrected chi connectivity index (χ3v) is 3.44. The van der Waals surface area contributed by atoms with Gasteiger partial charge in [-0.15, -0.1) is 0 Å². The van der Waals surface area contributed by atoms with Gasteiger partial charge in [0.05, 0.1) is 6.54 Å². The number of aliphatic imine (C=N–C) groups is 1. The lowest BCUT2D eigenvalue weighted by Crippen LogP contribution is -2.38. The number of rotatable bonds is 4. The van der Waals surface area contributed by atoms with Gasteiger partial charge in [0.15, 0.2) is 5.96 Å². The summed E-state index contributed by atoms with van der Waals surface area (Å²) in [7, 11) is 0. The van der Waals surface area contributed by atoms with Crippen LogP contribution in [0, 0.1) is 0 Å². The fraction of sp³-hybridized carbons (Fsp3) is 0.692. The zero-order valence-electron chi connectivity index (χ0n) is 11.2. The Bertz CT molecular complexity index is 425. The first-order valence-electron chi connectivity index (χ1n) is 6.73. The van der Waals surface area contributed by atoms with Crippen LogP contribution in [0.4, 0.5) is 0 Å². The van der Waals surface area contributed by atoms with Crippen molar-refractivity contribution in [1.29, 1.82) is 0 Å². The molecule has 0 radical (unpaired) electrons. The maximum atomic E-state index is 5.82. The van der Waals surface area contributed by atoms with Crippen LogP contribution in [0.2, 0.25) is 0 Å². The smallest absolute Gasteiger partial charge is 0.189 e. The van der Waals surface area contributed by atoms with Crippen molar-refractivity contribution in [3.05, 3.63) is 17.0 Å². The normalized spacial score (nSPS) is 17.3. The van der Waals surface area contributed by atoms with E-state index in [0.29, 0.717) is 18.5 Å². The summed E-state index contributed by atoms with van der Waals surface area (Å²) >= 11 is 0. The Kier molecular flexibility index (Phi) is 4.23. The van der Waals surface area contributed by atoms with E-state index in [0.717, 1.165) is 30.7 Å². The van der Waals surface area contributed by atoms with E-state index < -0.39 is 0 Å². The van der Waals surface area contributed by atoms with Crippen molar-refractivity contribution in [1.82, 2.24) is 10.5 Å². The summed E-state index contributed by atoms with van der Waals surface area (Å²) in [5, 5.41) is 7.25. The number of guanidine groups is 1. The zero-order chi connectivity index (χ0) is 13.0. The lowest BCUT2D eigenvalue weighted by molar-refractivity contribution is 0.368. The van der Waals surface area contributed by atoms with Gasteiger partial charge in [-0.25, -0.2) is 4.99 Å². The molecule has 3 N–H and O–H groups in total. The standard InChI is InChI=1S/C13H22N4O/c1-3-9(2)16-13(14)15-8-11-10-6-4-5-7-12(10)18-17-11/h9H,3-8H2,1-2H3,(H3,14,15,16). The number of fused-ring (bicyclic) bond motifs is 1. The fourth-order valence-electron chi connectivity index (χ4n) is 2.13. The molecule has 1 aliphatic rings. The quantitative estimate of drug-likeness (QED) is 0.630. The molecule has 1 atom stereocenters.